The number of benzene rings is 3. The Morgan fingerprint density at radius 3 is 2.33 bits per heavy atom. The number of ether oxygens (including phenoxy) is 1. The van der Waals surface area contributed by atoms with Crippen LogP contribution in [0, 0.1) is 0 Å². The molecule has 0 unspecified atom stereocenters. The van der Waals surface area contributed by atoms with Crippen LogP contribution in [0.3, 0.4) is 0 Å². The second-order valence-corrected chi connectivity index (χ2v) is 7.67. The van der Waals surface area contributed by atoms with Crippen molar-refractivity contribution < 1.29 is 9.53 Å². The number of hydrazone groups is 1. The van der Waals surface area contributed by atoms with Crippen LogP contribution in [-0.4, -0.2) is 47.8 Å². The molecule has 5 heteroatoms. The van der Waals surface area contributed by atoms with Crippen molar-refractivity contribution in [2.24, 2.45) is 5.10 Å². The van der Waals surface area contributed by atoms with Crippen LogP contribution in [0.2, 0.25) is 0 Å². The minimum atomic E-state index is -0.311. The van der Waals surface area contributed by atoms with E-state index in [0.717, 1.165) is 44.0 Å². The first-order valence-electron chi connectivity index (χ1n) is 10.4. The lowest BCUT2D eigenvalue weighted by atomic mass is 10.0. The molecule has 0 saturated carbocycles. The number of hydrogen-bond donors (Lipinski definition) is 0. The highest BCUT2D eigenvalue weighted by Crippen LogP contribution is 2.21. The molecule has 1 aliphatic rings. The first kappa shape index (κ1) is 20.1. The summed E-state index contributed by atoms with van der Waals surface area (Å²) in [6.07, 6.45) is 0. The summed E-state index contributed by atoms with van der Waals surface area (Å²) in [5.74, 6) is 0.246. The Morgan fingerprint density at radius 2 is 1.60 bits per heavy atom. The van der Waals surface area contributed by atoms with Crippen molar-refractivity contribution in [3.05, 3.63) is 77.9 Å². The Labute approximate surface area is 177 Å². The molecule has 30 heavy (non-hydrogen) atoms. The van der Waals surface area contributed by atoms with Crippen LogP contribution >= 0.6 is 0 Å². The van der Waals surface area contributed by atoms with Crippen LogP contribution in [0.1, 0.15) is 25.0 Å². The average Bonchev–Trinajstić information content (AvgIpc) is 2.75. The minimum Gasteiger partial charge on any atom is -0.427 e. The largest absolute Gasteiger partial charge is 0.427 e. The summed E-state index contributed by atoms with van der Waals surface area (Å²) in [6, 6.07) is 22.6. The number of esters is 1. The molecule has 0 radical (unpaired) electrons. The first-order chi connectivity index (χ1) is 14.6. The predicted octanol–water partition coefficient (Wildman–Crippen LogP) is 4.31. The van der Waals surface area contributed by atoms with E-state index in [-0.39, 0.29) is 5.97 Å². The molecule has 1 fully saturated rings. The van der Waals surface area contributed by atoms with Crippen LogP contribution < -0.4 is 4.74 Å². The van der Waals surface area contributed by atoms with Gasteiger partial charge in [0.1, 0.15) is 5.75 Å². The third-order valence-corrected chi connectivity index (χ3v) is 5.45. The maximum atomic E-state index is 11.0. The number of nitrogens with zero attached hydrogens (tertiary/aromatic N) is 3. The highest BCUT2D eigenvalue weighted by molar-refractivity contribution is 5.98. The monoisotopic (exact) mass is 401 g/mol. The van der Waals surface area contributed by atoms with Crippen LogP contribution in [0.4, 0.5) is 0 Å². The highest BCUT2D eigenvalue weighted by atomic mass is 16.5. The molecule has 0 aliphatic carbocycles. The van der Waals surface area contributed by atoms with E-state index in [0.29, 0.717) is 5.75 Å². The molecule has 1 aliphatic heterocycles. The Hall–Kier alpha value is -3.18. The second-order valence-electron chi connectivity index (χ2n) is 7.67. The zero-order valence-corrected chi connectivity index (χ0v) is 17.5. The summed E-state index contributed by atoms with van der Waals surface area (Å²) in [6.45, 7) is 8.19. The SMILES string of the molecule is CC(=O)Oc1ccc(/C(C)=N/N2CCN(Cc3cccc4ccccc34)CC2)cc1. The molecule has 0 atom stereocenters. The Kier molecular flexibility index (Phi) is 6.10. The van der Waals surface area contributed by atoms with Gasteiger partial charge in [0.2, 0.25) is 0 Å². The Morgan fingerprint density at radius 1 is 0.900 bits per heavy atom. The van der Waals surface area contributed by atoms with Crippen LogP contribution in [-0.2, 0) is 11.3 Å². The van der Waals surface area contributed by atoms with Gasteiger partial charge in [0, 0.05) is 39.6 Å². The number of carbonyl (C=O) groups excluding carboxylic acids is 1. The van der Waals surface area contributed by atoms with Crippen LogP contribution in [0.25, 0.3) is 10.8 Å². The van der Waals surface area contributed by atoms with Gasteiger partial charge in [-0.1, -0.05) is 42.5 Å². The van der Waals surface area contributed by atoms with E-state index in [9.17, 15) is 4.79 Å². The van der Waals surface area contributed by atoms with E-state index >= 15 is 0 Å². The van der Waals surface area contributed by atoms with Crippen molar-refractivity contribution in [2.75, 3.05) is 26.2 Å². The van der Waals surface area contributed by atoms with E-state index in [4.69, 9.17) is 9.84 Å². The molecule has 1 heterocycles. The number of piperazine rings is 1. The molecule has 154 valence electrons. The van der Waals surface area contributed by atoms with Gasteiger partial charge in [0.05, 0.1) is 5.71 Å². The maximum Gasteiger partial charge on any atom is 0.308 e. The summed E-state index contributed by atoms with van der Waals surface area (Å²) >= 11 is 0. The topological polar surface area (TPSA) is 45.1 Å². The van der Waals surface area contributed by atoms with E-state index in [1.807, 2.05) is 19.1 Å². The van der Waals surface area contributed by atoms with Crippen molar-refractivity contribution in [3.8, 4) is 5.75 Å². The van der Waals surface area contributed by atoms with Gasteiger partial charge in [0.15, 0.2) is 0 Å². The van der Waals surface area contributed by atoms with Gasteiger partial charge in [-0.2, -0.15) is 5.10 Å². The van der Waals surface area contributed by atoms with E-state index in [1.54, 1.807) is 12.1 Å². The first-order valence-corrected chi connectivity index (χ1v) is 10.4. The summed E-state index contributed by atoms with van der Waals surface area (Å²) < 4.78 is 5.09. The molecule has 3 aromatic rings. The molecule has 5 nitrogen and oxygen atoms in total. The summed E-state index contributed by atoms with van der Waals surface area (Å²) in [7, 11) is 0. The maximum absolute atomic E-state index is 11.0. The van der Waals surface area contributed by atoms with Crippen molar-refractivity contribution >= 4 is 22.5 Å². The number of rotatable bonds is 5. The van der Waals surface area contributed by atoms with Gasteiger partial charge in [0.25, 0.3) is 0 Å². The fourth-order valence-corrected chi connectivity index (χ4v) is 3.87. The lowest BCUT2D eigenvalue weighted by Gasteiger charge is -2.33. The molecule has 0 amide bonds. The lowest BCUT2D eigenvalue weighted by Crippen LogP contribution is -2.43. The standard InChI is InChI=1S/C25H27N3O2/c1-19(21-10-12-24(13-11-21)30-20(2)29)26-28-16-14-27(15-17-28)18-23-8-5-7-22-6-3-4-9-25(22)23/h3-13H,14-18H2,1-2H3/b26-19+. The fraction of sp³-hybridized carbons (Fsp3) is 0.280. The molecule has 3 aromatic carbocycles. The van der Waals surface area contributed by atoms with E-state index in [2.05, 4.69) is 52.4 Å². The molecule has 0 N–H and O–H groups in total. The van der Waals surface area contributed by atoms with Gasteiger partial charge in [-0.15, -0.1) is 0 Å². The summed E-state index contributed by atoms with van der Waals surface area (Å²) in [5.41, 5.74) is 3.38. The Bertz CT molecular complexity index is 1050. The smallest absolute Gasteiger partial charge is 0.308 e. The number of hydrogen-bond acceptors (Lipinski definition) is 5. The third-order valence-electron chi connectivity index (χ3n) is 5.45. The predicted molar refractivity (Wildman–Crippen MR) is 121 cm³/mol. The van der Waals surface area contributed by atoms with Crippen molar-refractivity contribution in [2.45, 2.75) is 20.4 Å². The zero-order valence-electron chi connectivity index (χ0n) is 17.5. The van der Waals surface area contributed by atoms with Crippen molar-refractivity contribution in [1.29, 1.82) is 0 Å². The molecular weight excluding hydrogens is 374 g/mol. The van der Waals surface area contributed by atoms with Crippen LogP contribution in [0.5, 0.6) is 5.75 Å². The van der Waals surface area contributed by atoms with Crippen molar-refractivity contribution in [3.63, 3.8) is 0 Å². The van der Waals surface area contributed by atoms with Gasteiger partial charge >= 0.3 is 5.97 Å². The number of carbonyl (C=O) groups is 1. The van der Waals surface area contributed by atoms with Crippen LogP contribution in [0.15, 0.2) is 71.8 Å². The van der Waals surface area contributed by atoms with Gasteiger partial charge in [-0.05, 0) is 53.1 Å². The summed E-state index contributed by atoms with van der Waals surface area (Å²) in [5, 5.41) is 9.59. The van der Waals surface area contributed by atoms with Gasteiger partial charge in [-0.25, -0.2) is 0 Å². The minimum absolute atomic E-state index is 0.311. The van der Waals surface area contributed by atoms with Gasteiger partial charge < -0.3 is 4.74 Å². The molecule has 1 saturated heterocycles. The quantitative estimate of drug-likeness (QED) is 0.363. The van der Waals surface area contributed by atoms with E-state index in [1.165, 1.54) is 23.3 Å². The fourth-order valence-electron chi connectivity index (χ4n) is 3.87. The average molecular weight is 402 g/mol. The van der Waals surface area contributed by atoms with Crippen molar-refractivity contribution in [1.82, 2.24) is 9.91 Å². The summed E-state index contributed by atoms with van der Waals surface area (Å²) in [4.78, 5) is 13.5. The number of fused-ring (bicyclic) bond motifs is 1. The van der Waals surface area contributed by atoms with Gasteiger partial charge in [-0.3, -0.25) is 14.7 Å². The normalized spacial score (nSPS) is 15.4. The zero-order chi connectivity index (χ0) is 20.9. The Balaban J connectivity index is 1.35. The second kappa shape index (κ2) is 9.09. The third kappa shape index (κ3) is 4.86. The molecule has 0 spiro atoms. The highest BCUT2D eigenvalue weighted by Gasteiger charge is 2.17. The lowest BCUT2D eigenvalue weighted by molar-refractivity contribution is -0.131. The molecule has 0 aromatic heterocycles. The molecule has 4 rings (SSSR count). The molecular formula is C25H27N3O2. The molecule has 0 bridgehead atoms. The van der Waals surface area contributed by atoms with E-state index < -0.39 is 0 Å².